The Balaban J connectivity index is 1.91. The summed E-state index contributed by atoms with van der Waals surface area (Å²) in [5.41, 5.74) is -1.24. The van der Waals surface area contributed by atoms with Crippen molar-refractivity contribution in [3.05, 3.63) is 65.2 Å². The summed E-state index contributed by atoms with van der Waals surface area (Å²) in [6.07, 6.45) is -4.50. The van der Waals surface area contributed by atoms with E-state index in [1.54, 1.807) is 0 Å². The van der Waals surface area contributed by atoms with Crippen molar-refractivity contribution in [3.8, 4) is 0 Å². The van der Waals surface area contributed by atoms with Crippen LogP contribution in [0.2, 0.25) is 0 Å². The monoisotopic (exact) mass is 359 g/mol. The first-order valence-electron chi connectivity index (χ1n) is 6.75. The summed E-state index contributed by atoms with van der Waals surface area (Å²) in [6.45, 7) is -0.780. The minimum Gasteiger partial charge on any atom is -0.452 e. The van der Waals surface area contributed by atoms with Crippen LogP contribution in [0, 0.1) is 11.6 Å². The van der Waals surface area contributed by atoms with E-state index in [2.05, 4.69) is 10.1 Å². The smallest absolute Gasteiger partial charge is 0.416 e. The highest BCUT2D eigenvalue weighted by molar-refractivity contribution is 5.95. The van der Waals surface area contributed by atoms with Gasteiger partial charge in [0, 0.05) is 11.8 Å². The number of rotatable bonds is 4. The molecule has 25 heavy (non-hydrogen) atoms. The van der Waals surface area contributed by atoms with Crippen molar-refractivity contribution < 1.29 is 36.3 Å². The van der Waals surface area contributed by atoms with Crippen molar-refractivity contribution in [2.75, 3.05) is 11.9 Å². The first kappa shape index (κ1) is 18.4. The lowest BCUT2D eigenvalue weighted by atomic mass is 10.2. The molecule has 0 radical (unpaired) electrons. The van der Waals surface area contributed by atoms with Crippen LogP contribution in [0.1, 0.15) is 15.9 Å². The summed E-state index contributed by atoms with van der Waals surface area (Å²) in [5, 5.41) is 2.22. The molecule has 0 aliphatic heterocycles. The fraction of sp³-hybridized carbons (Fsp3) is 0.125. The van der Waals surface area contributed by atoms with Gasteiger partial charge < -0.3 is 10.1 Å². The molecule has 2 aromatic rings. The number of esters is 1. The second kappa shape index (κ2) is 7.29. The highest BCUT2D eigenvalue weighted by atomic mass is 19.4. The third kappa shape index (κ3) is 5.27. The van der Waals surface area contributed by atoms with Gasteiger partial charge in [0.25, 0.3) is 5.91 Å². The van der Waals surface area contributed by atoms with E-state index in [-0.39, 0.29) is 5.69 Å². The summed E-state index contributed by atoms with van der Waals surface area (Å²) in [5.74, 6) is -3.92. The molecule has 0 saturated carbocycles. The average Bonchev–Trinajstić information content (AvgIpc) is 2.51. The predicted molar refractivity (Wildman–Crippen MR) is 76.7 cm³/mol. The van der Waals surface area contributed by atoms with Crippen LogP contribution in [0.5, 0.6) is 0 Å². The number of alkyl halides is 3. The second-order valence-corrected chi connectivity index (χ2v) is 4.86. The SMILES string of the molecule is O=C(COC(=O)c1cc(F)cc(F)c1)Nc1ccc(C(F)(F)F)cc1. The molecular weight excluding hydrogens is 349 g/mol. The number of carbonyl (C=O) groups is 2. The first-order valence-corrected chi connectivity index (χ1v) is 6.75. The van der Waals surface area contributed by atoms with E-state index in [1.807, 2.05) is 0 Å². The number of nitrogens with one attached hydrogen (secondary N) is 1. The molecule has 9 heteroatoms. The molecule has 0 unspecified atom stereocenters. The fourth-order valence-corrected chi connectivity index (χ4v) is 1.83. The Morgan fingerprint density at radius 3 is 2.04 bits per heavy atom. The van der Waals surface area contributed by atoms with Gasteiger partial charge in [-0.1, -0.05) is 0 Å². The standard InChI is InChI=1S/C16H10F5NO3/c17-11-5-9(6-12(18)7-11)15(24)25-8-14(23)22-13-3-1-10(2-4-13)16(19,20)21/h1-7H,8H2,(H,22,23). The van der Waals surface area contributed by atoms with Gasteiger partial charge in [0.15, 0.2) is 6.61 Å². The molecule has 0 aromatic heterocycles. The zero-order valence-corrected chi connectivity index (χ0v) is 12.4. The van der Waals surface area contributed by atoms with Crippen molar-refractivity contribution in [1.82, 2.24) is 0 Å². The molecule has 0 heterocycles. The molecule has 1 amide bonds. The molecule has 0 atom stereocenters. The van der Waals surface area contributed by atoms with E-state index >= 15 is 0 Å². The van der Waals surface area contributed by atoms with Gasteiger partial charge in [-0.25, -0.2) is 13.6 Å². The molecule has 2 rings (SSSR count). The first-order chi connectivity index (χ1) is 11.6. The van der Waals surface area contributed by atoms with Gasteiger partial charge in [-0.15, -0.1) is 0 Å². The third-order valence-corrected chi connectivity index (χ3v) is 2.93. The Morgan fingerprint density at radius 2 is 1.52 bits per heavy atom. The molecule has 0 spiro atoms. The van der Waals surface area contributed by atoms with Crippen LogP contribution < -0.4 is 5.32 Å². The Morgan fingerprint density at radius 1 is 0.960 bits per heavy atom. The van der Waals surface area contributed by atoms with Gasteiger partial charge in [0.1, 0.15) is 11.6 Å². The molecular formula is C16H10F5NO3. The van der Waals surface area contributed by atoms with Gasteiger partial charge in [0.2, 0.25) is 0 Å². The molecule has 0 saturated heterocycles. The molecule has 1 N–H and O–H groups in total. The number of ether oxygens (including phenoxy) is 1. The zero-order valence-electron chi connectivity index (χ0n) is 12.4. The predicted octanol–water partition coefficient (Wildman–Crippen LogP) is 3.78. The van der Waals surface area contributed by atoms with Crippen LogP contribution >= 0.6 is 0 Å². The quantitative estimate of drug-likeness (QED) is 0.668. The maximum absolute atomic E-state index is 13.0. The summed E-state index contributed by atoms with van der Waals surface area (Å²) in [6, 6.07) is 5.65. The fourth-order valence-electron chi connectivity index (χ4n) is 1.83. The maximum Gasteiger partial charge on any atom is 0.416 e. The zero-order chi connectivity index (χ0) is 18.6. The van der Waals surface area contributed by atoms with E-state index in [0.29, 0.717) is 6.07 Å². The van der Waals surface area contributed by atoms with Crippen LogP contribution in [-0.4, -0.2) is 18.5 Å². The minimum absolute atomic E-state index is 0.0610. The number of benzene rings is 2. The maximum atomic E-state index is 13.0. The molecule has 2 aromatic carbocycles. The lowest BCUT2D eigenvalue weighted by Crippen LogP contribution is -2.21. The number of carbonyl (C=O) groups excluding carboxylic acids is 2. The number of amides is 1. The van der Waals surface area contributed by atoms with Crippen LogP contribution in [0.25, 0.3) is 0 Å². The molecule has 0 aliphatic rings. The molecule has 4 nitrogen and oxygen atoms in total. The Kier molecular flexibility index (Phi) is 5.35. The highest BCUT2D eigenvalue weighted by Crippen LogP contribution is 2.29. The largest absolute Gasteiger partial charge is 0.452 e. The molecule has 0 fully saturated rings. The van der Waals surface area contributed by atoms with E-state index in [0.717, 1.165) is 36.4 Å². The van der Waals surface area contributed by atoms with Gasteiger partial charge in [-0.3, -0.25) is 4.79 Å². The number of hydrogen-bond donors (Lipinski definition) is 1. The number of halogens is 5. The minimum atomic E-state index is -4.50. The normalized spacial score (nSPS) is 11.1. The van der Waals surface area contributed by atoms with E-state index < -0.39 is 47.4 Å². The lowest BCUT2D eigenvalue weighted by Gasteiger charge is -2.09. The lowest BCUT2D eigenvalue weighted by molar-refractivity contribution is -0.137. The third-order valence-electron chi connectivity index (χ3n) is 2.93. The van der Waals surface area contributed by atoms with E-state index in [1.165, 1.54) is 0 Å². The van der Waals surface area contributed by atoms with Crippen LogP contribution in [-0.2, 0) is 15.7 Å². The van der Waals surface area contributed by atoms with Gasteiger partial charge >= 0.3 is 12.1 Å². The second-order valence-electron chi connectivity index (χ2n) is 4.86. The Bertz CT molecular complexity index is 767. The summed E-state index contributed by atoms with van der Waals surface area (Å²) >= 11 is 0. The topological polar surface area (TPSA) is 55.4 Å². The average molecular weight is 359 g/mol. The van der Waals surface area contributed by atoms with Crippen LogP contribution in [0.3, 0.4) is 0 Å². The van der Waals surface area contributed by atoms with Gasteiger partial charge in [-0.05, 0) is 36.4 Å². The van der Waals surface area contributed by atoms with Crippen molar-refractivity contribution in [1.29, 1.82) is 0 Å². The summed E-state index contributed by atoms with van der Waals surface area (Å²) < 4.78 is 67.8. The highest BCUT2D eigenvalue weighted by Gasteiger charge is 2.30. The van der Waals surface area contributed by atoms with Crippen molar-refractivity contribution >= 4 is 17.6 Å². The number of hydrogen-bond acceptors (Lipinski definition) is 3. The Hall–Kier alpha value is -2.97. The summed E-state index contributed by atoms with van der Waals surface area (Å²) in [7, 11) is 0. The Labute approximate surface area is 138 Å². The van der Waals surface area contributed by atoms with Crippen molar-refractivity contribution in [3.63, 3.8) is 0 Å². The van der Waals surface area contributed by atoms with E-state index in [4.69, 9.17) is 0 Å². The van der Waals surface area contributed by atoms with Gasteiger partial charge in [-0.2, -0.15) is 13.2 Å². The summed E-state index contributed by atoms with van der Waals surface area (Å²) in [4.78, 5) is 23.2. The molecule has 0 aliphatic carbocycles. The van der Waals surface area contributed by atoms with Crippen LogP contribution in [0.15, 0.2) is 42.5 Å². The molecule has 0 bridgehead atoms. The number of anilines is 1. The molecule has 132 valence electrons. The van der Waals surface area contributed by atoms with Crippen molar-refractivity contribution in [2.45, 2.75) is 6.18 Å². The van der Waals surface area contributed by atoms with Crippen molar-refractivity contribution in [2.24, 2.45) is 0 Å². The van der Waals surface area contributed by atoms with Gasteiger partial charge in [0.05, 0.1) is 11.1 Å². The van der Waals surface area contributed by atoms with Crippen LogP contribution in [0.4, 0.5) is 27.6 Å². The van der Waals surface area contributed by atoms with E-state index in [9.17, 15) is 31.5 Å².